The summed E-state index contributed by atoms with van der Waals surface area (Å²) < 4.78 is 0. The second-order valence-corrected chi connectivity index (χ2v) is 8.23. The van der Waals surface area contributed by atoms with E-state index in [1.165, 1.54) is 25.7 Å². The van der Waals surface area contributed by atoms with Gasteiger partial charge in [0.15, 0.2) is 0 Å². The Labute approximate surface area is 152 Å². The Hall–Kier alpha value is -1.10. The molecule has 5 heteroatoms. The quantitative estimate of drug-likeness (QED) is 0.801. The van der Waals surface area contributed by atoms with Crippen LogP contribution in [-0.2, 0) is 9.59 Å². The lowest BCUT2D eigenvalue weighted by Gasteiger charge is -2.34. The van der Waals surface area contributed by atoms with Crippen LogP contribution in [0.4, 0.5) is 0 Å². The van der Waals surface area contributed by atoms with E-state index < -0.39 is 0 Å². The van der Waals surface area contributed by atoms with E-state index in [0.717, 1.165) is 45.2 Å². The summed E-state index contributed by atoms with van der Waals surface area (Å²) in [6.07, 6.45) is 9.73. The number of carbonyl (C=O) groups is 2. The van der Waals surface area contributed by atoms with Gasteiger partial charge in [0.25, 0.3) is 0 Å². The number of hydrogen-bond acceptors (Lipinski definition) is 3. The molecule has 2 saturated heterocycles. The lowest BCUT2D eigenvalue weighted by atomic mass is 9.85. The number of amides is 2. The van der Waals surface area contributed by atoms with E-state index in [9.17, 15) is 9.59 Å². The van der Waals surface area contributed by atoms with Gasteiger partial charge in [0, 0.05) is 31.1 Å². The summed E-state index contributed by atoms with van der Waals surface area (Å²) in [7, 11) is 0. The smallest absolute Gasteiger partial charge is 0.237 e. The summed E-state index contributed by atoms with van der Waals surface area (Å²) in [5.41, 5.74) is 0. The van der Waals surface area contributed by atoms with Crippen molar-refractivity contribution in [1.82, 2.24) is 15.5 Å². The molecule has 0 bridgehead atoms. The number of fused-ring (bicyclic) bond motifs is 1. The average molecular weight is 350 g/mol. The first-order chi connectivity index (χ1) is 12.1. The number of carbonyl (C=O) groups excluding carboxylic acids is 2. The van der Waals surface area contributed by atoms with Crippen molar-refractivity contribution in [1.29, 1.82) is 0 Å². The van der Waals surface area contributed by atoms with Gasteiger partial charge in [-0.3, -0.25) is 9.59 Å². The third-order valence-corrected chi connectivity index (χ3v) is 6.67. The molecule has 0 aromatic carbocycles. The highest BCUT2D eigenvalue weighted by atomic mass is 16.2. The molecular formula is C20H35N3O2. The second kappa shape index (κ2) is 8.52. The zero-order valence-corrected chi connectivity index (χ0v) is 15.9. The van der Waals surface area contributed by atoms with Crippen molar-refractivity contribution < 1.29 is 9.59 Å². The Balaban J connectivity index is 1.43. The molecule has 0 aromatic heterocycles. The lowest BCUT2D eigenvalue weighted by molar-refractivity contribution is -0.137. The third kappa shape index (κ3) is 4.36. The number of nitrogens with one attached hydrogen (secondary N) is 2. The minimum absolute atomic E-state index is 0.00248. The van der Waals surface area contributed by atoms with E-state index in [4.69, 9.17) is 0 Å². The molecule has 0 spiro atoms. The number of likely N-dealkylation sites (tertiary alicyclic amines) is 1. The van der Waals surface area contributed by atoms with Gasteiger partial charge in [-0.15, -0.1) is 0 Å². The molecular weight excluding hydrogens is 314 g/mol. The molecule has 2 heterocycles. The number of hydrogen-bond donors (Lipinski definition) is 2. The van der Waals surface area contributed by atoms with Crippen molar-refractivity contribution in [2.45, 2.75) is 89.8 Å². The Kier molecular flexibility index (Phi) is 6.37. The lowest BCUT2D eigenvalue weighted by Crippen LogP contribution is -2.51. The maximum Gasteiger partial charge on any atom is 0.237 e. The molecule has 0 aromatic rings. The summed E-state index contributed by atoms with van der Waals surface area (Å²) >= 11 is 0. The number of rotatable bonds is 5. The largest absolute Gasteiger partial charge is 0.352 e. The maximum absolute atomic E-state index is 12.6. The van der Waals surface area contributed by atoms with Gasteiger partial charge in [-0.2, -0.15) is 0 Å². The summed E-state index contributed by atoms with van der Waals surface area (Å²) in [4.78, 5) is 27.1. The summed E-state index contributed by atoms with van der Waals surface area (Å²) in [5.74, 6) is 1.34. The molecule has 3 aliphatic rings. The van der Waals surface area contributed by atoms with Crippen LogP contribution < -0.4 is 10.6 Å². The van der Waals surface area contributed by atoms with E-state index in [1.54, 1.807) is 0 Å². The molecule has 3 unspecified atom stereocenters. The van der Waals surface area contributed by atoms with Crippen molar-refractivity contribution in [3.05, 3.63) is 0 Å². The van der Waals surface area contributed by atoms with E-state index in [2.05, 4.69) is 24.5 Å². The van der Waals surface area contributed by atoms with Crippen LogP contribution in [0, 0.1) is 11.8 Å². The van der Waals surface area contributed by atoms with Gasteiger partial charge in [-0.25, -0.2) is 0 Å². The van der Waals surface area contributed by atoms with E-state index >= 15 is 0 Å². The fourth-order valence-corrected chi connectivity index (χ4v) is 4.96. The molecule has 2 amide bonds. The van der Waals surface area contributed by atoms with Gasteiger partial charge in [0.05, 0.1) is 6.04 Å². The standard InChI is InChI=1S/C20H35N3O2/c1-3-14(4-2)20(25)23-11-9-16(10-12-23)21-19(24)18-13-15-7-5-6-8-17(15)22-18/h14-18,22H,3-13H2,1-2H3,(H,21,24). The normalized spacial score (nSPS) is 30.4. The van der Waals surface area contributed by atoms with Crippen LogP contribution in [0.25, 0.3) is 0 Å². The molecule has 1 aliphatic carbocycles. The summed E-state index contributed by atoms with van der Waals surface area (Å²) in [6, 6.07) is 0.781. The molecule has 1 saturated carbocycles. The highest BCUT2D eigenvalue weighted by Gasteiger charge is 2.39. The van der Waals surface area contributed by atoms with Gasteiger partial charge >= 0.3 is 0 Å². The average Bonchev–Trinajstić information content (AvgIpc) is 3.07. The topological polar surface area (TPSA) is 61.4 Å². The predicted molar refractivity (Wildman–Crippen MR) is 99.1 cm³/mol. The molecule has 3 atom stereocenters. The van der Waals surface area contributed by atoms with Crippen LogP contribution >= 0.6 is 0 Å². The van der Waals surface area contributed by atoms with Crippen LogP contribution in [0.5, 0.6) is 0 Å². The minimum atomic E-state index is -0.00248. The predicted octanol–water partition coefficient (Wildman–Crippen LogP) is 2.45. The first-order valence-corrected chi connectivity index (χ1v) is 10.5. The van der Waals surface area contributed by atoms with Gasteiger partial charge in [0.2, 0.25) is 11.8 Å². The fraction of sp³-hybridized carbons (Fsp3) is 0.900. The highest BCUT2D eigenvalue weighted by molar-refractivity contribution is 5.82. The molecule has 2 aliphatic heterocycles. The molecule has 5 nitrogen and oxygen atoms in total. The first-order valence-electron chi connectivity index (χ1n) is 10.5. The third-order valence-electron chi connectivity index (χ3n) is 6.67. The van der Waals surface area contributed by atoms with Crippen LogP contribution in [0.15, 0.2) is 0 Å². The van der Waals surface area contributed by atoms with Gasteiger partial charge in [-0.05, 0) is 50.9 Å². The Morgan fingerprint density at radius 2 is 1.76 bits per heavy atom. The van der Waals surface area contributed by atoms with Gasteiger partial charge in [0.1, 0.15) is 0 Å². The van der Waals surface area contributed by atoms with Crippen molar-refractivity contribution in [2.24, 2.45) is 11.8 Å². The van der Waals surface area contributed by atoms with Crippen LogP contribution in [0.2, 0.25) is 0 Å². The minimum Gasteiger partial charge on any atom is -0.352 e. The zero-order chi connectivity index (χ0) is 17.8. The molecule has 3 fully saturated rings. The molecule has 2 N–H and O–H groups in total. The first kappa shape index (κ1) is 18.7. The van der Waals surface area contributed by atoms with Crippen molar-refractivity contribution >= 4 is 11.8 Å². The Bertz CT molecular complexity index is 456. The Morgan fingerprint density at radius 1 is 1.08 bits per heavy atom. The van der Waals surface area contributed by atoms with E-state index in [1.807, 2.05) is 4.90 Å². The van der Waals surface area contributed by atoms with E-state index in [-0.39, 0.29) is 23.9 Å². The zero-order valence-electron chi connectivity index (χ0n) is 15.9. The number of nitrogens with zero attached hydrogens (tertiary/aromatic N) is 1. The summed E-state index contributed by atoms with van der Waals surface area (Å²) in [5, 5.41) is 6.81. The van der Waals surface area contributed by atoms with Crippen LogP contribution in [0.3, 0.4) is 0 Å². The number of piperidine rings is 1. The van der Waals surface area contributed by atoms with Crippen molar-refractivity contribution in [3.63, 3.8) is 0 Å². The van der Waals surface area contributed by atoms with Gasteiger partial charge in [-0.1, -0.05) is 26.7 Å². The van der Waals surface area contributed by atoms with Crippen LogP contribution in [-0.4, -0.2) is 47.9 Å². The SMILES string of the molecule is CCC(CC)C(=O)N1CCC(NC(=O)C2CC3CCCCC3N2)CC1. The molecule has 0 radical (unpaired) electrons. The maximum atomic E-state index is 12.6. The fourth-order valence-electron chi connectivity index (χ4n) is 4.96. The van der Waals surface area contributed by atoms with E-state index in [0.29, 0.717) is 17.9 Å². The van der Waals surface area contributed by atoms with Crippen LogP contribution in [0.1, 0.15) is 71.6 Å². The summed E-state index contributed by atoms with van der Waals surface area (Å²) in [6.45, 7) is 5.74. The highest BCUT2D eigenvalue weighted by Crippen LogP contribution is 2.33. The Morgan fingerprint density at radius 3 is 2.40 bits per heavy atom. The van der Waals surface area contributed by atoms with Gasteiger partial charge < -0.3 is 15.5 Å². The molecule has 25 heavy (non-hydrogen) atoms. The van der Waals surface area contributed by atoms with Crippen molar-refractivity contribution in [3.8, 4) is 0 Å². The molecule has 3 rings (SSSR count). The van der Waals surface area contributed by atoms with Crippen molar-refractivity contribution in [2.75, 3.05) is 13.1 Å². The molecule has 142 valence electrons. The second-order valence-electron chi connectivity index (χ2n) is 8.23. The monoisotopic (exact) mass is 349 g/mol.